The van der Waals surface area contributed by atoms with Gasteiger partial charge in [0.1, 0.15) is 0 Å². The summed E-state index contributed by atoms with van der Waals surface area (Å²) in [5, 5.41) is 3.43. The lowest BCUT2D eigenvalue weighted by Gasteiger charge is -2.18. The summed E-state index contributed by atoms with van der Waals surface area (Å²) in [6.07, 6.45) is 5.62. The van der Waals surface area contributed by atoms with Gasteiger partial charge in [-0.25, -0.2) is 0 Å². The van der Waals surface area contributed by atoms with Crippen LogP contribution in [0.2, 0.25) is 0 Å². The van der Waals surface area contributed by atoms with Crippen LogP contribution in [-0.2, 0) is 0 Å². The molecule has 0 spiro atoms. The smallest absolute Gasteiger partial charge is 0.00948 e. The molecule has 2 unspecified atom stereocenters. The van der Waals surface area contributed by atoms with Gasteiger partial charge in [0.15, 0.2) is 0 Å². The third kappa shape index (κ3) is 2.82. The van der Waals surface area contributed by atoms with Gasteiger partial charge in [0, 0.05) is 6.04 Å². The minimum absolute atomic E-state index is 0.810. The second-order valence-corrected chi connectivity index (χ2v) is 3.98. The molecule has 0 aromatic carbocycles. The molecule has 0 heterocycles. The average Bonchev–Trinajstić information content (AvgIpc) is 2.82. The Labute approximate surface area is 70.6 Å². The van der Waals surface area contributed by atoms with Crippen LogP contribution in [0.5, 0.6) is 0 Å². The van der Waals surface area contributed by atoms with Crippen molar-refractivity contribution in [2.24, 2.45) is 11.8 Å². The van der Waals surface area contributed by atoms with Gasteiger partial charge in [-0.3, -0.25) is 0 Å². The van der Waals surface area contributed by atoms with E-state index in [1.165, 1.54) is 25.7 Å². The quantitative estimate of drug-likeness (QED) is 0.643. The molecule has 2 atom stereocenters. The first kappa shape index (κ1) is 9.05. The maximum absolute atomic E-state index is 3.43. The monoisotopic (exact) mass is 155 g/mol. The minimum atomic E-state index is 0.810. The van der Waals surface area contributed by atoms with E-state index >= 15 is 0 Å². The van der Waals surface area contributed by atoms with Crippen molar-refractivity contribution in [3.8, 4) is 0 Å². The van der Waals surface area contributed by atoms with Gasteiger partial charge in [-0.05, 0) is 38.1 Å². The fraction of sp³-hybridized carbons (Fsp3) is 1.00. The van der Waals surface area contributed by atoms with Crippen molar-refractivity contribution in [1.82, 2.24) is 5.32 Å². The molecule has 66 valence electrons. The second-order valence-electron chi connectivity index (χ2n) is 3.98. The van der Waals surface area contributed by atoms with Crippen molar-refractivity contribution in [1.29, 1.82) is 0 Å². The van der Waals surface area contributed by atoms with Gasteiger partial charge < -0.3 is 5.32 Å². The summed E-state index contributed by atoms with van der Waals surface area (Å²) >= 11 is 0. The number of hydrogen-bond donors (Lipinski definition) is 1. The lowest BCUT2D eigenvalue weighted by molar-refractivity contribution is 0.382. The first-order valence-corrected chi connectivity index (χ1v) is 4.95. The summed E-state index contributed by atoms with van der Waals surface area (Å²) in [6.45, 7) is 4.64. The fourth-order valence-corrected chi connectivity index (χ4v) is 1.64. The highest BCUT2D eigenvalue weighted by atomic mass is 14.9. The van der Waals surface area contributed by atoms with Crippen LogP contribution in [0, 0.1) is 11.8 Å². The zero-order chi connectivity index (χ0) is 8.27. The highest BCUT2D eigenvalue weighted by Crippen LogP contribution is 2.35. The predicted octanol–water partition coefficient (Wildman–Crippen LogP) is 2.42. The molecule has 1 fully saturated rings. The Bertz CT molecular complexity index is 107. The van der Waals surface area contributed by atoms with E-state index in [1.54, 1.807) is 0 Å². The van der Waals surface area contributed by atoms with Crippen molar-refractivity contribution in [3.05, 3.63) is 0 Å². The van der Waals surface area contributed by atoms with Gasteiger partial charge in [-0.15, -0.1) is 0 Å². The fourth-order valence-electron chi connectivity index (χ4n) is 1.64. The van der Waals surface area contributed by atoms with E-state index in [9.17, 15) is 0 Å². The van der Waals surface area contributed by atoms with Crippen molar-refractivity contribution >= 4 is 0 Å². The second kappa shape index (κ2) is 4.10. The third-order valence-electron chi connectivity index (χ3n) is 2.92. The van der Waals surface area contributed by atoms with E-state index in [1.807, 2.05) is 0 Å². The lowest BCUT2D eigenvalue weighted by atomic mass is 9.97. The van der Waals surface area contributed by atoms with Crippen molar-refractivity contribution in [2.75, 3.05) is 7.05 Å². The summed E-state index contributed by atoms with van der Waals surface area (Å²) in [5.41, 5.74) is 0. The summed E-state index contributed by atoms with van der Waals surface area (Å²) in [5.74, 6) is 1.90. The molecule has 1 nitrogen and oxygen atoms in total. The molecule has 1 aliphatic rings. The molecule has 1 aliphatic carbocycles. The van der Waals surface area contributed by atoms with E-state index in [0.29, 0.717) is 0 Å². The SMILES string of the molecule is CCC(C)CC(NC)C1CC1. The first-order chi connectivity index (χ1) is 5.27. The number of nitrogens with one attached hydrogen (secondary N) is 1. The predicted molar refractivity (Wildman–Crippen MR) is 49.6 cm³/mol. The van der Waals surface area contributed by atoms with Gasteiger partial charge >= 0.3 is 0 Å². The molecule has 0 saturated heterocycles. The molecule has 1 saturated carbocycles. The van der Waals surface area contributed by atoms with E-state index in [-0.39, 0.29) is 0 Å². The van der Waals surface area contributed by atoms with Crippen LogP contribution >= 0.6 is 0 Å². The van der Waals surface area contributed by atoms with Gasteiger partial charge in [0.2, 0.25) is 0 Å². The van der Waals surface area contributed by atoms with Crippen molar-refractivity contribution < 1.29 is 0 Å². The van der Waals surface area contributed by atoms with Crippen LogP contribution in [0.4, 0.5) is 0 Å². The van der Waals surface area contributed by atoms with E-state index in [2.05, 4.69) is 26.2 Å². The largest absolute Gasteiger partial charge is 0.317 e. The van der Waals surface area contributed by atoms with Crippen LogP contribution in [0.3, 0.4) is 0 Å². The molecule has 0 aromatic heterocycles. The molecule has 0 radical (unpaired) electrons. The Morgan fingerprint density at radius 3 is 2.45 bits per heavy atom. The molecular formula is C10H21N. The van der Waals surface area contributed by atoms with Crippen LogP contribution in [0.15, 0.2) is 0 Å². The summed E-state index contributed by atoms with van der Waals surface area (Å²) in [6, 6.07) is 0.810. The molecule has 0 amide bonds. The molecule has 11 heavy (non-hydrogen) atoms. The highest BCUT2D eigenvalue weighted by Gasteiger charge is 2.30. The summed E-state index contributed by atoms with van der Waals surface area (Å²) < 4.78 is 0. The van der Waals surface area contributed by atoms with Crippen LogP contribution < -0.4 is 5.32 Å². The summed E-state index contributed by atoms with van der Waals surface area (Å²) in [7, 11) is 2.10. The molecule has 0 aromatic rings. The Morgan fingerprint density at radius 2 is 2.09 bits per heavy atom. The maximum atomic E-state index is 3.43. The van der Waals surface area contributed by atoms with Crippen molar-refractivity contribution in [2.45, 2.75) is 45.6 Å². The van der Waals surface area contributed by atoms with Gasteiger partial charge in [-0.1, -0.05) is 20.3 Å². The Morgan fingerprint density at radius 1 is 1.45 bits per heavy atom. The van der Waals surface area contributed by atoms with Gasteiger partial charge in [0.05, 0.1) is 0 Å². The first-order valence-electron chi connectivity index (χ1n) is 4.95. The van der Waals surface area contributed by atoms with Gasteiger partial charge in [0.25, 0.3) is 0 Å². The Balaban J connectivity index is 2.19. The number of rotatable bonds is 5. The molecule has 1 rings (SSSR count). The third-order valence-corrected chi connectivity index (χ3v) is 2.92. The number of hydrogen-bond acceptors (Lipinski definition) is 1. The Kier molecular flexibility index (Phi) is 3.38. The standard InChI is InChI=1S/C10H21N/c1-4-8(2)7-10(11-3)9-5-6-9/h8-11H,4-7H2,1-3H3. The maximum Gasteiger partial charge on any atom is 0.00948 e. The van der Waals surface area contributed by atoms with E-state index < -0.39 is 0 Å². The minimum Gasteiger partial charge on any atom is -0.317 e. The summed E-state index contributed by atoms with van der Waals surface area (Å²) in [4.78, 5) is 0. The Hall–Kier alpha value is -0.0400. The van der Waals surface area contributed by atoms with Crippen LogP contribution in [-0.4, -0.2) is 13.1 Å². The zero-order valence-electron chi connectivity index (χ0n) is 8.06. The van der Waals surface area contributed by atoms with Crippen LogP contribution in [0.25, 0.3) is 0 Å². The van der Waals surface area contributed by atoms with Crippen LogP contribution in [0.1, 0.15) is 39.5 Å². The topological polar surface area (TPSA) is 12.0 Å². The average molecular weight is 155 g/mol. The van der Waals surface area contributed by atoms with Gasteiger partial charge in [-0.2, -0.15) is 0 Å². The van der Waals surface area contributed by atoms with E-state index in [4.69, 9.17) is 0 Å². The molecule has 1 N–H and O–H groups in total. The molecule has 0 aliphatic heterocycles. The molecule has 0 bridgehead atoms. The van der Waals surface area contributed by atoms with Crippen molar-refractivity contribution in [3.63, 3.8) is 0 Å². The molecule has 1 heteroatoms. The normalized spacial score (nSPS) is 23.2. The van der Waals surface area contributed by atoms with E-state index in [0.717, 1.165) is 17.9 Å². The zero-order valence-corrected chi connectivity index (χ0v) is 8.06. The molecular weight excluding hydrogens is 134 g/mol. The highest BCUT2D eigenvalue weighted by molar-refractivity contribution is 4.86. The lowest BCUT2D eigenvalue weighted by Crippen LogP contribution is -2.29.